The summed E-state index contributed by atoms with van der Waals surface area (Å²) in [6.45, 7) is 1.68. The molecule has 2 N–H and O–H groups in total. The van der Waals surface area contributed by atoms with Gasteiger partial charge in [-0.2, -0.15) is 5.10 Å². The molecule has 2 aromatic heterocycles. The first-order valence-electron chi connectivity index (χ1n) is 5.88. The molecule has 3 heterocycles. The minimum Gasteiger partial charge on any atom is -1.00 e. The van der Waals surface area contributed by atoms with Crippen molar-refractivity contribution in [2.24, 2.45) is 17.1 Å². The van der Waals surface area contributed by atoms with E-state index in [0.717, 1.165) is 30.4 Å². The Kier molecular flexibility index (Phi) is 4.16. The number of pyridine rings is 1. The van der Waals surface area contributed by atoms with Gasteiger partial charge in [0.1, 0.15) is 6.20 Å². The molecule has 0 aromatic carbocycles. The number of imidazole rings is 1. The third kappa shape index (κ3) is 2.76. The number of hydrogen-bond acceptors (Lipinski definition) is 4. The zero-order valence-electron chi connectivity index (χ0n) is 10.5. The van der Waals surface area contributed by atoms with Crippen LogP contribution in [-0.2, 0) is 7.05 Å². The first-order valence-corrected chi connectivity index (χ1v) is 5.88. The number of guanidine groups is 1. The van der Waals surface area contributed by atoms with Crippen molar-refractivity contribution >= 4 is 17.8 Å². The molecule has 0 amide bonds. The molecule has 3 rings (SSSR count). The number of aryl methyl sites for hydroxylation is 1. The van der Waals surface area contributed by atoms with Crippen LogP contribution in [0.1, 0.15) is 5.69 Å². The summed E-state index contributed by atoms with van der Waals surface area (Å²) < 4.78 is 4.14. The zero-order valence-corrected chi connectivity index (χ0v) is 12.1. The molecule has 0 fully saturated rings. The lowest BCUT2D eigenvalue weighted by Crippen LogP contribution is -3.00. The average Bonchev–Trinajstić information content (AvgIpc) is 3.00. The number of aromatic nitrogens is 2. The quantitative estimate of drug-likeness (QED) is 0.345. The van der Waals surface area contributed by atoms with Gasteiger partial charge < -0.3 is 22.3 Å². The lowest BCUT2D eigenvalue weighted by atomic mass is 10.5. The Morgan fingerprint density at radius 2 is 2.42 bits per heavy atom. The van der Waals surface area contributed by atoms with Gasteiger partial charge in [-0.25, -0.2) is 19.4 Å². The van der Waals surface area contributed by atoms with Crippen LogP contribution in [-0.4, -0.2) is 29.8 Å². The van der Waals surface area contributed by atoms with Crippen LogP contribution in [0, 0.1) is 0 Å². The zero-order chi connectivity index (χ0) is 12.4. The van der Waals surface area contributed by atoms with E-state index >= 15 is 0 Å². The minimum atomic E-state index is 0. The fraction of sp³-hybridized carbons (Fsp3) is 0.250. The number of fused-ring (bicyclic) bond motifs is 1. The van der Waals surface area contributed by atoms with Crippen molar-refractivity contribution < 1.29 is 21.4 Å². The summed E-state index contributed by atoms with van der Waals surface area (Å²) in [7, 11) is 2.02. The monoisotopic (exact) mass is 322 g/mol. The molecular formula is C12H15BrN6. The molecule has 2 aromatic rings. The van der Waals surface area contributed by atoms with Gasteiger partial charge in [0.05, 0.1) is 26.0 Å². The Balaban J connectivity index is 0.00000133. The minimum absolute atomic E-state index is 0. The summed E-state index contributed by atoms with van der Waals surface area (Å²) in [5.41, 5.74) is 5.03. The van der Waals surface area contributed by atoms with Gasteiger partial charge in [-0.3, -0.25) is 0 Å². The van der Waals surface area contributed by atoms with E-state index in [2.05, 4.69) is 35.9 Å². The smallest absolute Gasteiger partial charge is 0.286 e. The van der Waals surface area contributed by atoms with Crippen molar-refractivity contribution in [3.05, 3.63) is 36.3 Å². The van der Waals surface area contributed by atoms with Crippen LogP contribution in [0.3, 0.4) is 0 Å². The Morgan fingerprint density at radius 1 is 1.53 bits per heavy atom. The number of nitrogens with zero attached hydrogens (tertiary/aromatic N) is 4. The molecule has 0 atom stereocenters. The summed E-state index contributed by atoms with van der Waals surface area (Å²) in [6, 6.07) is 6.09. The second-order valence-corrected chi connectivity index (χ2v) is 4.11. The van der Waals surface area contributed by atoms with Crippen molar-refractivity contribution in [1.82, 2.24) is 15.3 Å². The van der Waals surface area contributed by atoms with Crippen LogP contribution in [0.4, 0.5) is 0 Å². The van der Waals surface area contributed by atoms with Gasteiger partial charge in [-0.05, 0) is 6.07 Å². The van der Waals surface area contributed by atoms with Crippen molar-refractivity contribution in [1.29, 1.82) is 0 Å². The fourth-order valence-electron chi connectivity index (χ4n) is 1.95. The average molecular weight is 323 g/mol. The molecular weight excluding hydrogens is 308 g/mol. The lowest BCUT2D eigenvalue weighted by molar-refractivity contribution is -0.510. The van der Waals surface area contributed by atoms with E-state index in [1.54, 1.807) is 6.21 Å². The molecule has 0 unspecified atom stereocenters. The highest BCUT2D eigenvalue weighted by molar-refractivity contribution is 5.83. The number of rotatable bonds is 2. The second kappa shape index (κ2) is 5.83. The van der Waals surface area contributed by atoms with Crippen LogP contribution >= 0.6 is 0 Å². The molecule has 0 saturated heterocycles. The Hall–Kier alpha value is -1.89. The predicted octanol–water partition coefficient (Wildman–Crippen LogP) is -3.35. The number of halogens is 1. The summed E-state index contributed by atoms with van der Waals surface area (Å²) >= 11 is 0. The maximum Gasteiger partial charge on any atom is 0.286 e. The molecule has 0 bridgehead atoms. The highest BCUT2D eigenvalue weighted by Crippen LogP contribution is 2.00. The van der Waals surface area contributed by atoms with Crippen molar-refractivity contribution in [2.75, 3.05) is 13.1 Å². The Morgan fingerprint density at radius 3 is 3.16 bits per heavy atom. The summed E-state index contributed by atoms with van der Waals surface area (Å²) in [6.07, 6.45) is 5.84. The van der Waals surface area contributed by atoms with Crippen molar-refractivity contribution in [3.63, 3.8) is 0 Å². The van der Waals surface area contributed by atoms with E-state index in [1.165, 1.54) is 0 Å². The number of nitrogens with one attached hydrogen (secondary N) is 2. The molecule has 0 radical (unpaired) electrons. The molecule has 7 heteroatoms. The predicted molar refractivity (Wildman–Crippen MR) is 69.6 cm³/mol. The van der Waals surface area contributed by atoms with Crippen LogP contribution in [0.2, 0.25) is 0 Å². The molecule has 100 valence electrons. The van der Waals surface area contributed by atoms with Gasteiger partial charge in [0, 0.05) is 12.6 Å². The Labute approximate surface area is 121 Å². The largest absolute Gasteiger partial charge is 1.00 e. The lowest BCUT2D eigenvalue weighted by Gasteiger charge is -1.97. The number of hydrogen-bond donors (Lipinski definition) is 2. The maximum absolute atomic E-state index is 4.20. The van der Waals surface area contributed by atoms with Crippen LogP contribution in [0.25, 0.3) is 5.65 Å². The molecule has 0 aliphatic carbocycles. The summed E-state index contributed by atoms with van der Waals surface area (Å²) in [5, 5.41) is 7.27. The summed E-state index contributed by atoms with van der Waals surface area (Å²) in [5.74, 6) is 0.734. The van der Waals surface area contributed by atoms with Crippen LogP contribution < -0.4 is 32.1 Å². The van der Waals surface area contributed by atoms with E-state index in [9.17, 15) is 0 Å². The highest BCUT2D eigenvalue weighted by atomic mass is 79.9. The van der Waals surface area contributed by atoms with E-state index in [0.29, 0.717) is 0 Å². The standard InChI is InChI=1S/C12H15N6.BrH/c1-17-10(8-15-16-12-13-5-6-14-12)9-18-7-3-2-4-11(17)18;/h2-4,7-9H,5-6H2,1H3,(H2,13,14,16);1H/q+1;/p-1/b15-8+;. The third-order valence-electron chi connectivity index (χ3n) is 2.91. The molecule has 1 aliphatic heterocycles. The highest BCUT2D eigenvalue weighted by Gasteiger charge is 2.11. The second-order valence-electron chi connectivity index (χ2n) is 4.11. The van der Waals surface area contributed by atoms with Crippen molar-refractivity contribution in [3.8, 4) is 0 Å². The van der Waals surface area contributed by atoms with Crippen LogP contribution in [0.5, 0.6) is 0 Å². The van der Waals surface area contributed by atoms with E-state index in [1.807, 2.05) is 31.6 Å². The Bertz CT molecular complexity index is 630. The molecule has 6 nitrogen and oxygen atoms in total. The van der Waals surface area contributed by atoms with Gasteiger partial charge in [-0.1, -0.05) is 6.07 Å². The molecule has 0 spiro atoms. The van der Waals surface area contributed by atoms with Gasteiger partial charge in [0.2, 0.25) is 5.96 Å². The van der Waals surface area contributed by atoms with E-state index in [4.69, 9.17) is 0 Å². The van der Waals surface area contributed by atoms with E-state index in [-0.39, 0.29) is 17.0 Å². The molecule has 1 aliphatic rings. The van der Waals surface area contributed by atoms with Crippen LogP contribution in [0.15, 0.2) is 40.7 Å². The summed E-state index contributed by atoms with van der Waals surface area (Å²) in [4.78, 5) is 4.20. The van der Waals surface area contributed by atoms with Gasteiger partial charge in [-0.15, -0.1) is 0 Å². The van der Waals surface area contributed by atoms with E-state index < -0.39 is 0 Å². The molecule has 0 saturated carbocycles. The van der Waals surface area contributed by atoms with Gasteiger partial charge in [0.15, 0.2) is 5.69 Å². The van der Waals surface area contributed by atoms with Crippen molar-refractivity contribution in [2.45, 2.75) is 0 Å². The topological polar surface area (TPSA) is 57.8 Å². The number of hydrazone groups is 1. The first kappa shape index (κ1) is 13.5. The van der Waals surface area contributed by atoms with Gasteiger partial charge >= 0.3 is 0 Å². The normalized spacial score (nSPS) is 14.3. The first-order chi connectivity index (χ1) is 8.84. The SMILES string of the molecule is Cn1c(/C=N/NC2=NCCN2)c[n+]2ccccc12.[Br-]. The fourth-order valence-corrected chi connectivity index (χ4v) is 1.95. The third-order valence-corrected chi connectivity index (χ3v) is 2.91. The molecule has 19 heavy (non-hydrogen) atoms. The number of aliphatic imine (C=N–C) groups is 1. The maximum atomic E-state index is 4.20. The van der Waals surface area contributed by atoms with Gasteiger partial charge in [0.25, 0.3) is 5.65 Å².